The summed E-state index contributed by atoms with van der Waals surface area (Å²) >= 11 is 0. The number of carboxylic acids is 1. The number of carbonyl (C=O) groups is 1. The topological polar surface area (TPSA) is 75.1 Å². The number of hydrogen-bond acceptors (Lipinski definition) is 4. The van der Waals surface area contributed by atoms with Gasteiger partial charge in [0.15, 0.2) is 5.69 Å². The van der Waals surface area contributed by atoms with Crippen molar-refractivity contribution >= 4 is 17.5 Å². The Morgan fingerprint density at radius 1 is 1.33 bits per heavy atom. The molecule has 1 heterocycles. The molecule has 0 bridgehead atoms. The number of anilines is 2. The smallest absolute Gasteiger partial charge is 0.356 e. The van der Waals surface area contributed by atoms with Gasteiger partial charge in [0.1, 0.15) is 11.6 Å². The third-order valence-electron chi connectivity index (χ3n) is 2.40. The van der Waals surface area contributed by atoms with Crippen molar-refractivity contribution in [2.75, 3.05) is 5.32 Å². The zero-order valence-electron chi connectivity index (χ0n) is 9.51. The molecule has 0 fully saturated rings. The molecule has 0 amide bonds. The van der Waals surface area contributed by atoms with Gasteiger partial charge in [-0.25, -0.2) is 19.2 Å². The minimum atomic E-state index is -1.14. The Balaban J connectivity index is 2.24. The summed E-state index contributed by atoms with van der Waals surface area (Å²) < 4.78 is 13.3. The number of carboxylic acid groups (broad SMARTS) is 1. The van der Waals surface area contributed by atoms with Crippen LogP contribution in [-0.4, -0.2) is 21.0 Å². The summed E-state index contributed by atoms with van der Waals surface area (Å²) in [7, 11) is 0. The predicted molar refractivity (Wildman–Crippen MR) is 63.4 cm³/mol. The number of halogens is 1. The summed E-state index contributed by atoms with van der Waals surface area (Å²) in [4.78, 5) is 18.2. The van der Waals surface area contributed by atoms with Crippen molar-refractivity contribution in [2.45, 2.75) is 6.92 Å². The monoisotopic (exact) mass is 247 g/mol. The lowest BCUT2D eigenvalue weighted by molar-refractivity contribution is 0.0690. The fraction of sp³-hybridized carbons (Fsp3) is 0.0833. The fourth-order valence-corrected chi connectivity index (χ4v) is 1.38. The SMILES string of the molecule is Cc1c(F)cccc1Nc1cnc(C(=O)O)cn1. The summed E-state index contributed by atoms with van der Waals surface area (Å²) in [5.41, 5.74) is 0.880. The van der Waals surface area contributed by atoms with Gasteiger partial charge in [-0.1, -0.05) is 6.07 Å². The molecule has 6 heteroatoms. The molecule has 0 aliphatic rings. The molecule has 2 aromatic rings. The third-order valence-corrected chi connectivity index (χ3v) is 2.40. The molecular formula is C12H10FN3O2. The summed E-state index contributed by atoms with van der Waals surface area (Å²) in [6.07, 6.45) is 2.42. The van der Waals surface area contributed by atoms with E-state index in [4.69, 9.17) is 5.11 Å². The van der Waals surface area contributed by atoms with Crippen LogP contribution in [0.2, 0.25) is 0 Å². The summed E-state index contributed by atoms with van der Waals surface area (Å²) in [6, 6.07) is 4.63. The van der Waals surface area contributed by atoms with Gasteiger partial charge in [0.2, 0.25) is 0 Å². The number of hydrogen-bond donors (Lipinski definition) is 2. The highest BCUT2D eigenvalue weighted by Gasteiger charge is 2.07. The normalized spacial score (nSPS) is 10.1. The van der Waals surface area contributed by atoms with E-state index in [1.165, 1.54) is 12.3 Å². The molecule has 1 aromatic carbocycles. The number of aromatic nitrogens is 2. The minimum Gasteiger partial charge on any atom is -0.476 e. The predicted octanol–water partition coefficient (Wildman–Crippen LogP) is 2.37. The van der Waals surface area contributed by atoms with E-state index in [1.54, 1.807) is 19.1 Å². The number of benzene rings is 1. The van der Waals surface area contributed by atoms with Crippen LogP contribution in [0.15, 0.2) is 30.6 Å². The first-order valence-corrected chi connectivity index (χ1v) is 5.15. The number of nitrogens with zero attached hydrogens (tertiary/aromatic N) is 2. The average Bonchev–Trinajstić information content (AvgIpc) is 2.36. The molecule has 1 aromatic heterocycles. The van der Waals surface area contributed by atoms with E-state index in [0.717, 1.165) is 6.20 Å². The van der Waals surface area contributed by atoms with E-state index in [2.05, 4.69) is 15.3 Å². The van der Waals surface area contributed by atoms with Crippen LogP contribution in [0.3, 0.4) is 0 Å². The molecule has 2 rings (SSSR count). The molecule has 0 saturated heterocycles. The average molecular weight is 247 g/mol. The molecule has 92 valence electrons. The summed E-state index contributed by atoms with van der Waals surface area (Å²) in [6.45, 7) is 1.64. The lowest BCUT2D eigenvalue weighted by Crippen LogP contribution is -2.03. The van der Waals surface area contributed by atoms with E-state index in [0.29, 0.717) is 17.1 Å². The number of aromatic carboxylic acids is 1. The Labute approximate surface area is 102 Å². The Bertz CT molecular complexity index is 584. The van der Waals surface area contributed by atoms with Crippen molar-refractivity contribution < 1.29 is 14.3 Å². The van der Waals surface area contributed by atoms with Gasteiger partial charge in [-0.15, -0.1) is 0 Å². The molecular weight excluding hydrogens is 237 g/mol. The maximum Gasteiger partial charge on any atom is 0.356 e. The van der Waals surface area contributed by atoms with Crippen LogP contribution in [-0.2, 0) is 0 Å². The highest BCUT2D eigenvalue weighted by Crippen LogP contribution is 2.20. The second-order valence-electron chi connectivity index (χ2n) is 3.63. The maximum absolute atomic E-state index is 13.3. The maximum atomic E-state index is 13.3. The quantitative estimate of drug-likeness (QED) is 0.870. The lowest BCUT2D eigenvalue weighted by Gasteiger charge is -2.08. The highest BCUT2D eigenvalue weighted by molar-refractivity contribution is 5.85. The first-order chi connectivity index (χ1) is 8.58. The van der Waals surface area contributed by atoms with Crippen LogP contribution in [0.4, 0.5) is 15.9 Å². The van der Waals surface area contributed by atoms with Gasteiger partial charge in [-0.3, -0.25) is 0 Å². The molecule has 18 heavy (non-hydrogen) atoms. The van der Waals surface area contributed by atoms with Gasteiger partial charge in [0.25, 0.3) is 0 Å². The van der Waals surface area contributed by atoms with Crippen LogP contribution < -0.4 is 5.32 Å². The van der Waals surface area contributed by atoms with Gasteiger partial charge < -0.3 is 10.4 Å². The molecule has 5 nitrogen and oxygen atoms in total. The van der Waals surface area contributed by atoms with Crippen LogP contribution in [0.1, 0.15) is 16.1 Å². The second-order valence-corrected chi connectivity index (χ2v) is 3.63. The second kappa shape index (κ2) is 4.79. The molecule has 0 radical (unpaired) electrons. The van der Waals surface area contributed by atoms with Crippen molar-refractivity contribution in [1.29, 1.82) is 0 Å². The number of rotatable bonds is 3. The van der Waals surface area contributed by atoms with Gasteiger partial charge in [-0.05, 0) is 19.1 Å². The van der Waals surface area contributed by atoms with Gasteiger partial charge in [0, 0.05) is 11.3 Å². The molecule has 2 N–H and O–H groups in total. The first kappa shape index (κ1) is 12.0. The van der Waals surface area contributed by atoms with E-state index in [9.17, 15) is 9.18 Å². The molecule has 0 aliphatic heterocycles. The van der Waals surface area contributed by atoms with Crippen LogP contribution in [0, 0.1) is 12.7 Å². The zero-order chi connectivity index (χ0) is 13.1. The number of nitrogens with one attached hydrogen (secondary N) is 1. The van der Waals surface area contributed by atoms with E-state index < -0.39 is 5.97 Å². The molecule has 0 spiro atoms. The standard InChI is InChI=1S/C12H10FN3O2/c1-7-8(13)3-2-4-9(7)16-11-6-14-10(5-15-11)12(17)18/h2-6H,1H3,(H,15,16)(H,17,18). The highest BCUT2D eigenvalue weighted by atomic mass is 19.1. The third kappa shape index (κ3) is 2.42. The first-order valence-electron chi connectivity index (χ1n) is 5.15. The van der Waals surface area contributed by atoms with Gasteiger partial charge in [0.05, 0.1) is 12.4 Å². The van der Waals surface area contributed by atoms with Gasteiger partial charge >= 0.3 is 5.97 Å². The van der Waals surface area contributed by atoms with Gasteiger partial charge in [-0.2, -0.15) is 0 Å². The minimum absolute atomic E-state index is 0.142. The Morgan fingerprint density at radius 2 is 2.11 bits per heavy atom. The van der Waals surface area contributed by atoms with E-state index >= 15 is 0 Å². The van der Waals surface area contributed by atoms with Crippen molar-refractivity contribution in [2.24, 2.45) is 0 Å². The Morgan fingerprint density at radius 3 is 2.72 bits per heavy atom. The zero-order valence-corrected chi connectivity index (χ0v) is 9.51. The van der Waals surface area contributed by atoms with Crippen molar-refractivity contribution in [3.8, 4) is 0 Å². The molecule has 0 atom stereocenters. The van der Waals surface area contributed by atoms with Crippen LogP contribution in [0.5, 0.6) is 0 Å². The van der Waals surface area contributed by atoms with E-state index in [-0.39, 0.29) is 11.5 Å². The Kier molecular flexibility index (Phi) is 3.18. The van der Waals surface area contributed by atoms with Crippen molar-refractivity contribution in [1.82, 2.24) is 9.97 Å². The fourth-order valence-electron chi connectivity index (χ4n) is 1.38. The van der Waals surface area contributed by atoms with Crippen molar-refractivity contribution in [3.05, 3.63) is 47.7 Å². The molecule has 0 saturated carbocycles. The van der Waals surface area contributed by atoms with Crippen LogP contribution in [0.25, 0.3) is 0 Å². The van der Waals surface area contributed by atoms with Crippen molar-refractivity contribution in [3.63, 3.8) is 0 Å². The van der Waals surface area contributed by atoms with Crippen LogP contribution >= 0.6 is 0 Å². The van der Waals surface area contributed by atoms with E-state index in [1.807, 2.05) is 0 Å². The Hall–Kier alpha value is -2.50. The lowest BCUT2D eigenvalue weighted by atomic mass is 10.2. The largest absolute Gasteiger partial charge is 0.476 e. The summed E-state index contributed by atoms with van der Waals surface area (Å²) in [5.74, 6) is -1.11. The molecule has 0 unspecified atom stereocenters. The molecule has 0 aliphatic carbocycles. The summed E-state index contributed by atoms with van der Waals surface area (Å²) in [5, 5.41) is 11.5.